The van der Waals surface area contributed by atoms with Crippen LogP contribution in [0.3, 0.4) is 0 Å². The SMILES string of the molecule is CCC(NCc1ccc2[nH]ccc2c1)C1CCCCC1. The minimum absolute atomic E-state index is 0.692. The summed E-state index contributed by atoms with van der Waals surface area (Å²) in [5.41, 5.74) is 2.62. The monoisotopic (exact) mass is 270 g/mol. The predicted octanol–water partition coefficient (Wildman–Crippen LogP) is 4.62. The van der Waals surface area contributed by atoms with Crippen LogP contribution in [0.4, 0.5) is 0 Å². The Kier molecular flexibility index (Phi) is 4.41. The zero-order chi connectivity index (χ0) is 13.8. The van der Waals surface area contributed by atoms with Crippen LogP contribution in [-0.4, -0.2) is 11.0 Å². The first-order chi connectivity index (χ1) is 9.86. The van der Waals surface area contributed by atoms with Crippen molar-refractivity contribution in [2.45, 2.75) is 58.0 Å². The fraction of sp³-hybridized carbons (Fsp3) is 0.556. The zero-order valence-electron chi connectivity index (χ0n) is 12.5. The highest BCUT2D eigenvalue weighted by Crippen LogP contribution is 2.28. The lowest BCUT2D eigenvalue weighted by Crippen LogP contribution is -2.36. The van der Waals surface area contributed by atoms with Crippen molar-refractivity contribution < 1.29 is 0 Å². The van der Waals surface area contributed by atoms with Gasteiger partial charge in [0, 0.05) is 24.3 Å². The van der Waals surface area contributed by atoms with Crippen molar-refractivity contribution in [2.75, 3.05) is 0 Å². The number of hydrogen-bond acceptors (Lipinski definition) is 1. The van der Waals surface area contributed by atoms with Crippen LogP contribution >= 0.6 is 0 Å². The maximum atomic E-state index is 3.80. The molecule has 1 aromatic heterocycles. The maximum absolute atomic E-state index is 3.80. The third kappa shape index (κ3) is 3.06. The summed E-state index contributed by atoms with van der Waals surface area (Å²) >= 11 is 0. The molecule has 1 saturated carbocycles. The van der Waals surface area contributed by atoms with E-state index < -0.39 is 0 Å². The van der Waals surface area contributed by atoms with Crippen LogP contribution in [0.5, 0.6) is 0 Å². The Labute approximate surface area is 122 Å². The quantitative estimate of drug-likeness (QED) is 0.815. The number of H-pyrrole nitrogens is 1. The molecular weight excluding hydrogens is 244 g/mol. The smallest absolute Gasteiger partial charge is 0.0454 e. The van der Waals surface area contributed by atoms with Gasteiger partial charge in [-0.05, 0) is 54.3 Å². The fourth-order valence-electron chi connectivity index (χ4n) is 3.64. The van der Waals surface area contributed by atoms with Gasteiger partial charge in [-0.1, -0.05) is 32.3 Å². The Morgan fingerprint density at radius 2 is 2.05 bits per heavy atom. The van der Waals surface area contributed by atoms with Gasteiger partial charge in [-0.15, -0.1) is 0 Å². The van der Waals surface area contributed by atoms with Crippen molar-refractivity contribution in [1.82, 2.24) is 10.3 Å². The molecule has 0 aliphatic heterocycles. The predicted molar refractivity (Wildman–Crippen MR) is 85.8 cm³/mol. The molecule has 0 amide bonds. The van der Waals surface area contributed by atoms with E-state index in [0.29, 0.717) is 6.04 Å². The molecule has 108 valence electrons. The van der Waals surface area contributed by atoms with Crippen molar-refractivity contribution in [3.63, 3.8) is 0 Å². The van der Waals surface area contributed by atoms with Gasteiger partial charge >= 0.3 is 0 Å². The van der Waals surface area contributed by atoms with Gasteiger partial charge in [0.1, 0.15) is 0 Å². The third-order valence-corrected chi connectivity index (χ3v) is 4.84. The van der Waals surface area contributed by atoms with Gasteiger partial charge in [0.2, 0.25) is 0 Å². The second kappa shape index (κ2) is 6.45. The summed E-state index contributed by atoms with van der Waals surface area (Å²) in [6, 6.07) is 9.56. The number of fused-ring (bicyclic) bond motifs is 1. The van der Waals surface area contributed by atoms with Gasteiger partial charge in [0.25, 0.3) is 0 Å². The van der Waals surface area contributed by atoms with Crippen LogP contribution in [0, 0.1) is 5.92 Å². The Morgan fingerprint density at radius 1 is 1.20 bits per heavy atom. The molecule has 1 heterocycles. The number of aromatic nitrogens is 1. The normalized spacial score (nSPS) is 18.4. The van der Waals surface area contributed by atoms with Crippen molar-refractivity contribution in [3.05, 3.63) is 36.0 Å². The first-order valence-electron chi connectivity index (χ1n) is 8.16. The molecular formula is C18H26N2. The van der Waals surface area contributed by atoms with E-state index in [9.17, 15) is 0 Å². The maximum Gasteiger partial charge on any atom is 0.0454 e. The van der Waals surface area contributed by atoms with E-state index in [0.717, 1.165) is 12.5 Å². The Balaban J connectivity index is 1.61. The molecule has 1 unspecified atom stereocenters. The molecule has 0 saturated heterocycles. The number of rotatable bonds is 5. The first kappa shape index (κ1) is 13.7. The highest BCUT2D eigenvalue weighted by molar-refractivity contribution is 5.79. The molecule has 2 aromatic rings. The first-order valence-corrected chi connectivity index (χ1v) is 8.16. The lowest BCUT2D eigenvalue weighted by Gasteiger charge is -2.30. The van der Waals surface area contributed by atoms with Gasteiger partial charge in [-0.3, -0.25) is 0 Å². The molecule has 1 aliphatic carbocycles. The fourth-order valence-corrected chi connectivity index (χ4v) is 3.64. The summed E-state index contributed by atoms with van der Waals surface area (Å²) in [7, 11) is 0. The number of aromatic amines is 1. The second-order valence-electron chi connectivity index (χ2n) is 6.19. The number of benzene rings is 1. The molecule has 0 radical (unpaired) electrons. The lowest BCUT2D eigenvalue weighted by molar-refractivity contribution is 0.262. The molecule has 2 heteroatoms. The highest BCUT2D eigenvalue weighted by atomic mass is 14.9. The molecule has 1 atom stereocenters. The Hall–Kier alpha value is -1.28. The van der Waals surface area contributed by atoms with E-state index in [2.05, 4.69) is 41.5 Å². The van der Waals surface area contributed by atoms with E-state index in [-0.39, 0.29) is 0 Å². The second-order valence-corrected chi connectivity index (χ2v) is 6.19. The summed E-state index contributed by atoms with van der Waals surface area (Å²) < 4.78 is 0. The van der Waals surface area contributed by atoms with Crippen molar-refractivity contribution in [2.24, 2.45) is 5.92 Å². The molecule has 2 nitrogen and oxygen atoms in total. The van der Waals surface area contributed by atoms with E-state index in [1.54, 1.807) is 0 Å². The van der Waals surface area contributed by atoms with Gasteiger partial charge in [0.05, 0.1) is 0 Å². The van der Waals surface area contributed by atoms with Crippen LogP contribution < -0.4 is 5.32 Å². The molecule has 3 rings (SSSR count). The third-order valence-electron chi connectivity index (χ3n) is 4.84. The van der Waals surface area contributed by atoms with Crippen LogP contribution in [0.1, 0.15) is 51.0 Å². The summed E-state index contributed by atoms with van der Waals surface area (Å²) in [6.07, 6.45) is 10.4. The van der Waals surface area contributed by atoms with Crippen LogP contribution in [0.25, 0.3) is 10.9 Å². The summed E-state index contributed by atoms with van der Waals surface area (Å²) in [6.45, 7) is 3.32. The van der Waals surface area contributed by atoms with E-state index in [1.165, 1.54) is 55.0 Å². The van der Waals surface area contributed by atoms with Gasteiger partial charge in [-0.2, -0.15) is 0 Å². The average Bonchev–Trinajstić information content (AvgIpc) is 2.96. The lowest BCUT2D eigenvalue weighted by atomic mass is 9.83. The largest absolute Gasteiger partial charge is 0.361 e. The molecule has 2 N–H and O–H groups in total. The minimum atomic E-state index is 0.692. The molecule has 1 aromatic carbocycles. The average molecular weight is 270 g/mol. The van der Waals surface area contributed by atoms with Gasteiger partial charge in [0.15, 0.2) is 0 Å². The van der Waals surface area contributed by atoms with E-state index >= 15 is 0 Å². The minimum Gasteiger partial charge on any atom is -0.361 e. The summed E-state index contributed by atoms with van der Waals surface area (Å²) in [5.74, 6) is 0.893. The van der Waals surface area contributed by atoms with Crippen LogP contribution in [0.15, 0.2) is 30.5 Å². The van der Waals surface area contributed by atoms with Crippen molar-refractivity contribution >= 4 is 10.9 Å². The van der Waals surface area contributed by atoms with Gasteiger partial charge in [-0.25, -0.2) is 0 Å². The topological polar surface area (TPSA) is 27.8 Å². The highest BCUT2D eigenvalue weighted by Gasteiger charge is 2.21. The molecule has 0 bridgehead atoms. The zero-order valence-corrected chi connectivity index (χ0v) is 12.5. The molecule has 1 fully saturated rings. The van der Waals surface area contributed by atoms with Crippen LogP contribution in [-0.2, 0) is 6.54 Å². The summed E-state index contributed by atoms with van der Waals surface area (Å²) in [5, 5.41) is 5.12. The van der Waals surface area contributed by atoms with Crippen LogP contribution in [0.2, 0.25) is 0 Å². The van der Waals surface area contributed by atoms with Crippen molar-refractivity contribution in [1.29, 1.82) is 0 Å². The van der Waals surface area contributed by atoms with Crippen molar-refractivity contribution in [3.8, 4) is 0 Å². The molecule has 1 aliphatic rings. The Bertz CT molecular complexity index is 537. The molecule has 0 spiro atoms. The molecule has 20 heavy (non-hydrogen) atoms. The van der Waals surface area contributed by atoms with Gasteiger partial charge < -0.3 is 10.3 Å². The van der Waals surface area contributed by atoms with E-state index in [4.69, 9.17) is 0 Å². The standard InChI is InChI=1S/C18H26N2/c1-2-17(15-6-4-3-5-7-15)20-13-14-8-9-18-16(12-14)10-11-19-18/h8-12,15,17,19-20H,2-7,13H2,1H3. The Morgan fingerprint density at radius 3 is 2.85 bits per heavy atom. The number of nitrogens with one attached hydrogen (secondary N) is 2. The summed E-state index contributed by atoms with van der Waals surface area (Å²) in [4.78, 5) is 3.25. The van der Waals surface area contributed by atoms with E-state index in [1.807, 2.05) is 6.20 Å². The number of hydrogen-bond donors (Lipinski definition) is 2.